The molecule has 0 spiro atoms. The molecule has 0 fully saturated rings. The SMILES string of the molecule is CCCCCC/C=C/CCCC(=O)OCC(COCCC(C(=O)O)[N+](C)(C)C)OC(=O)CCCCCCCCC/C=C/CCCCCCCCCCCC. The minimum absolute atomic E-state index is 0.0533. The standard InChI is InChI=1S/C46H85NO7/c1-6-8-10-12-14-16-17-18-19-20-21-22-23-24-25-26-27-29-31-33-35-37-45(49)54-42(40-52-39-38-43(46(50)51)47(3,4)5)41-53-44(48)36-34-32-30-28-15-13-11-9-7-2/h22-23,28,30,42-43H,6-21,24-27,29,31-41H2,1-5H3/p+1/b23-22+,30-28+. The number of rotatable bonds is 40. The first-order valence-corrected chi connectivity index (χ1v) is 22.4. The maximum Gasteiger partial charge on any atom is 0.362 e. The van der Waals surface area contributed by atoms with Crippen molar-refractivity contribution in [2.24, 2.45) is 0 Å². The van der Waals surface area contributed by atoms with Gasteiger partial charge in [-0.1, -0.05) is 147 Å². The highest BCUT2D eigenvalue weighted by atomic mass is 16.6. The Morgan fingerprint density at radius 1 is 0.537 bits per heavy atom. The Morgan fingerprint density at radius 2 is 0.944 bits per heavy atom. The van der Waals surface area contributed by atoms with Crippen LogP contribution in [0.3, 0.4) is 0 Å². The lowest BCUT2D eigenvalue weighted by molar-refractivity contribution is -0.887. The molecule has 54 heavy (non-hydrogen) atoms. The summed E-state index contributed by atoms with van der Waals surface area (Å²) in [6.07, 6.45) is 41.0. The van der Waals surface area contributed by atoms with Gasteiger partial charge in [-0.3, -0.25) is 9.59 Å². The van der Waals surface area contributed by atoms with Crippen LogP contribution in [-0.4, -0.2) is 80.6 Å². The summed E-state index contributed by atoms with van der Waals surface area (Å²) in [5.41, 5.74) is 0. The maximum absolute atomic E-state index is 12.7. The molecule has 316 valence electrons. The molecule has 0 bridgehead atoms. The molecule has 0 aliphatic carbocycles. The molecule has 0 radical (unpaired) electrons. The fraction of sp³-hybridized carbons (Fsp3) is 0.848. The van der Waals surface area contributed by atoms with Gasteiger partial charge in [-0.25, -0.2) is 4.79 Å². The molecule has 0 aromatic heterocycles. The fourth-order valence-corrected chi connectivity index (χ4v) is 6.56. The van der Waals surface area contributed by atoms with E-state index >= 15 is 0 Å². The third-order valence-electron chi connectivity index (χ3n) is 10.1. The molecule has 2 unspecified atom stereocenters. The fourth-order valence-electron chi connectivity index (χ4n) is 6.56. The van der Waals surface area contributed by atoms with Crippen molar-refractivity contribution in [3.05, 3.63) is 24.3 Å². The van der Waals surface area contributed by atoms with Crippen molar-refractivity contribution in [1.82, 2.24) is 0 Å². The molecule has 0 saturated heterocycles. The van der Waals surface area contributed by atoms with E-state index in [9.17, 15) is 19.5 Å². The predicted octanol–water partition coefficient (Wildman–Crippen LogP) is 12.1. The molecule has 0 aliphatic rings. The minimum atomic E-state index is -0.878. The number of carboxylic acids is 1. The number of nitrogens with zero attached hydrogens (tertiary/aromatic N) is 1. The maximum atomic E-state index is 12.7. The van der Waals surface area contributed by atoms with E-state index < -0.39 is 18.1 Å². The zero-order valence-corrected chi connectivity index (χ0v) is 35.9. The molecule has 0 aromatic carbocycles. The second-order valence-corrected chi connectivity index (χ2v) is 16.3. The highest BCUT2D eigenvalue weighted by molar-refractivity contribution is 5.72. The molecule has 8 nitrogen and oxygen atoms in total. The van der Waals surface area contributed by atoms with Gasteiger partial charge in [0, 0.05) is 19.3 Å². The number of likely N-dealkylation sites (N-methyl/N-ethyl adjacent to an activating group) is 1. The summed E-state index contributed by atoms with van der Waals surface area (Å²) in [6, 6.07) is -0.616. The molecule has 0 aromatic rings. The summed E-state index contributed by atoms with van der Waals surface area (Å²) in [5.74, 6) is -1.51. The molecule has 0 heterocycles. The van der Waals surface area contributed by atoms with Gasteiger partial charge in [0.2, 0.25) is 0 Å². The van der Waals surface area contributed by atoms with Crippen molar-refractivity contribution >= 4 is 17.9 Å². The summed E-state index contributed by atoms with van der Waals surface area (Å²) in [6.45, 7) is 4.68. The monoisotopic (exact) mass is 765 g/mol. The highest BCUT2D eigenvalue weighted by Crippen LogP contribution is 2.14. The molecule has 1 N–H and O–H groups in total. The average Bonchev–Trinajstić information content (AvgIpc) is 3.12. The van der Waals surface area contributed by atoms with Gasteiger partial charge >= 0.3 is 17.9 Å². The third kappa shape index (κ3) is 35.5. The molecule has 0 rings (SSSR count). The molecular weight excluding hydrogens is 679 g/mol. The highest BCUT2D eigenvalue weighted by Gasteiger charge is 2.31. The largest absolute Gasteiger partial charge is 0.477 e. The Labute approximate surface area is 332 Å². The van der Waals surface area contributed by atoms with E-state index in [1.165, 1.54) is 128 Å². The van der Waals surface area contributed by atoms with Crippen molar-refractivity contribution in [1.29, 1.82) is 0 Å². The number of hydrogen-bond acceptors (Lipinski definition) is 6. The van der Waals surface area contributed by atoms with E-state index in [-0.39, 0.29) is 36.2 Å². The number of carboxylic acid groups (broad SMARTS) is 1. The van der Waals surface area contributed by atoms with Gasteiger partial charge in [-0.15, -0.1) is 0 Å². The van der Waals surface area contributed by atoms with Crippen molar-refractivity contribution in [3.63, 3.8) is 0 Å². The molecular formula is C46H86NO7+. The summed E-state index contributed by atoms with van der Waals surface area (Å²) < 4.78 is 17.2. The number of unbranched alkanes of at least 4 members (excludes halogenated alkanes) is 22. The van der Waals surface area contributed by atoms with Crippen molar-refractivity contribution in [3.8, 4) is 0 Å². The van der Waals surface area contributed by atoms with Crippen LogP contribution in [0.1, 0.15) is 200 Å². The lowest BCUT2D eigenvalue weighted by Crippen LogP contribution is -2.50. The summed E-state index contributed by atoms with van der Waals surface area (Å²) in [7, 11) is 5.52. The van der Waals surface area contributed by atoms with Gasteiger partial charge in [0.1, 0.15) is 6.61 Å². The zero-order chi connectivity index (χ0) is 40.0. The van der Waals surface area contributed by atoms with Crippen molar-refractivity contribution in [2.75, 3.05) is 41.0 Å². The lowest BCUT2D eigenvalue weighted by Gasteiger charge is -2.31. The average molecular weight is 765 g/mol. The van der Waals surface area contributed by atoms with Gasteiger partial charge < -0.3 is 23.8 Å². The molecule has 2 atom stereocenters. The van der Waals surface area contributed by atoms with Crippen molar-refractivity contribution < 1.29 is 38.2 Å². The number of quaternary nitrogens is 1. The number of allylic oxidation sites excluding steroid dienone is 4. The number of carbonyl (C=O) groups excluding carboxylic acids is 2. The first-order chi connectivity index (χ1) is 26.1. The Morgan fingerprint density at radius 3 is 1.41 bits per heavy atom. The normalized spacial score (nSPS) is 13.1. The minimum Gasteiger partial charge on any atom is -0.477 e. The summed E-state index contributed by atoms with van der Waals surface area (Å²) in [4.78, 5) is 36.8. The number of esters is 2. The first kappa shape index (κ1) is 51.8. The Balaban J connectivity index is 4.24. The topological polar surface area (TPSA) is 99.1 Å². The van der Waals surface area contributed by atoms with Crippen LogP contribution in [0.25, 0.3) is 0 Å². The Hall–Kier alpha value is -2.19. The van der Waals surface area contributed by atoms with Crippen LogP contribution in [0.2, 0.25) is 0 Å². The van der Waals surface area contributed by atoms with E-state index in [1.807, 2.05) is 21.1 Å². The quantitative estimate of drug-likeness (QED) is 0.0287. The van der Waals surface area contributed by atoms with E-state index in [2.05, 4.69) is 38.2 Å². The van der Waals surface area contributed by atoms with E-state index in [0.717, 1.165) is 32.1 Å². The van der Waals surface area contributed by atoms with Gasteiger partial charge in [0.25, 0.3) is 0 Å². The van der Waals surface area contributed by atoms with Crippen LogP contribution in [-0.2, 0) is 28.6 Å². The zero-order valence-electron chi connectivity index (χ0n) is 35.9. The van der Waals surface area contributed by atoms with E-state index in [4.69, 9.17) is 14.2 Å². The molecule has 0 amide bonds. The number of ether oxygens (including phenoxy) is 3. The number of carbonyl (C=O) groups is 3. The lowest BCUT2D eigenvalue weighted by atomic mass is 10.1. The Bertz CT molecular complexity index is 942. The third-order valence-corrected chi connectivity index (χ3v) is 10.1. The van der Waals surface area contributed by atoms with Gasteiger partial charge in [0.05, 0.1) is 34.4 Å². The van der Waals surface area contributed by atoms with E-state index in [1.54, 1.807) is 0 Å². The number of aliphatic carboxylic acids is 1. The molecule has 0 saturated carbocycles. The Kier molecular flexibility index (Phi) is 36.2. The van der Waals surface area contributed by atoms with Crippen LogP contribution >= 0.6 is 0 Å². The van der Waals surface area contributed by atoms with Gasteiger partial charge in [0.15, 0.2) is 12.1 Å². The molecule has 0 aliphatic heterocycles. The van der Waals surface area contributed by atoms with Crippen LogP contribution < -0.4 is 0 Å². The van der Waals surface area contributed by atoms with Gasteiger partial charge in [-0.2, -0.15) is 0 Å². The molecule has 8 heteroatoms. The van der Waals surface area contributed by atoms with E-state index in [0.29, 0.717) is 25.7 Å². The van der Waals surface area contributed by atoms with Gasteiger partial charge in [-0.05, 0) is 57.8 Å². The van der Waals surface area contributed by atoms with Crippen LogP contribution in [0.15, 0.2) is 24.3 Å². The van der Waals surface area contributed by atoms with Crippen LogP contribution in [0.4, 0.5) is 0 Å². The summed E-state index contributed by atoms with van der Waals surface area (Å²) in [5, 5.41) is 9.60. The summed E-state index contributed by atoms with van der Waals surface area (Å²) >= 11 is 0. The van der Waals surface area contributed by atoms with Crippen LogP contribution in [0, 0.1) is 0 Å². The smallest absolute Gasteiger partial charge is 0.362 e. The van der Waals surface area contributed by atoms with Crippen molar-refractivity contribution in [2.45, 2.75) is 212 Å². The first-order valence-electron chi connectivity index (χ1n) is 22.4. The second kappa shape index (κ2) is 37.7. The van der Waals surface area contributed by atoms with Crippen LogP contribution in [0.5, 0.6) is 0 Å². The predicted molar refractivity (Wildman–Crippen MR) is 225 cm³/mol. The second-order valence-electron chi connectivity index (χ2n) is 16.3. The number of hydrogen-bond donors (Lipinski definition) is 1.